The van der Waals surface area contributed by atoms with Crippen molar-refractivity contribution in [3.8, 4) is 0 Å². The highest BCUT2D eigenvalue weighted by Crippen LogP contribution is 2.41. The van der Waals surface area contributed by atoms with Crippen LogP contribution in [0.1, 0.15) is 68.7 Å². The van der Waals surface area contributed by atoms with Crippen molar-refractivity contribution in [2.75, 3.05) is 0 Å². The van der Waals surface area contributed by atoms with Gasteiger partial charge in [0.05, 0.1) is 5.57 Å². The van der Waals surface area contributed by atoms with E-state index in [4.69, 9.17) is 0 Å². The van der Waals surface area contributed by atoms with Crippen molar-refractivity contribution in [3.63, 3.8) is 0 Å². The Labute approximate surface area is 156 Å². The normalized spacial score (nSPS) is 29.5. The van der Waals surface area contributed by atoms with Crippen LogP contribution in [0.2, 0.25) is 0 Å². The second kappa shape index (κ2) is 7.38. The number of carbonyl (C=O) groups is 2. The van der Waals surface area contributed by atoms with Crippen LogP contribution < -0.4 is 0 Å². The third-order valence-corrected chi connectivity index (χ3v) is 6.28. The first-order chi connectivity index (χ1) is 12.4. The molecule has 2 bridgehead atoms. The smallest absolute Gasteiger partial charge is 0.170 e. The Balaban J connectivity index is 2.22. The van der Waals surface area contributed by atoms with Crippen LogP contribution >= 0.6 is 0 Å². The van der Waals surface area contributed by atoms with Crippen LogP contribution in [0, 0.1) is 24.7 Å². The van der Waals surface area contributed by atoms with Gasteiger partial charge in [-0.2, -0.15) is 0 Å². The Bertz CT molecular complexity index is 747. The first-order valence-electron chi connectivity index (χ1n) is 9.99. The summed E-state index contributed by atoms with van der Waals surface area (Å²) >= 11 is 0. The van der Waals surface area contributed by atoms with Gasteiger partial charge in [-0.1, -0.05) is 38.5 Å². The van der Waals surface area contributed by atoms with E-state index in [1.807, 2.05) is 6.92 Å². The molecule has 3 nitrogen and oxygen atoms in total. The molecule has 0 aliphatic heterocycles. The van der Waals surface area contributed by atoms with Crippen LogP contribution in [0.25, 0.3) is 5.57 Å². The number of rotatable bonds is 3. The number of hydrogen-bond acceptors (Lipinski definition) is 3. The minimum absolute atomic E-state index is 0.0587. The van der Waals surface area contributed by atoms with Crippen molar-refractivity contribution in [3.05, 3.63) is 40.1 Å². The lowest BCUT2D eigenvalue weighted by Crippen LogP contribution is -2.32. The van der Waals surface area contributed by atoms with Crippen molar-refractivity contribution >= 4 is 17.1 Å². The number of ketones is 2. The van der Waals surface area contributed by atoms with E-state index in [0.29, 0.717) is 18.4 Å². The number of aliphatic hydroxyl groups excluding tert-OH is 1. The summed E-state index contributed by atoms with van der Waals surface area (Å²) in [4.78, 5) is 26.0. The van der Waals surface area contributed by atoms with Gasteiger partial charge in [-0.15, -0.1) is 0 Å². The van der Waals surface area contributed by atoms with Crippen LogP contribution in [0.15, 0.2) is 17.9 Å². The number of allylic oxidation sites excluding steroid dienone is 2. The minimum atomic E-state index is -0.366. The molecule has 3 atom stereocenters. The highest BCUT2D eigenvalue weighted by atomic mass is 16.3. The maximum absolute atomic E-state index is 13.4. The summed E-state index contributed by atoms with van der Waals surface area (Å²) in [6.07, 6.45) is 4.25. The van der Waals surface area contributed by atoms with Gasteiger partial charge >= 0.3 is 0 Å². The summed E-state index contributed by atoms with van der Waals surface area (Å²) in [5.41, 5.74) is 4.81. The zero-order valence-electron chi connectivity index (χ0n) is 16.4. The molecule has 1 aromatic carbocycles. The predicted molar refractivity (Wildman–Crippen MR) is 104 cm³/mol. The van der Waals surface area contributed by atoms with E-state index in [-0.39, 0.29) is 35.1 Å². The Hall–Kier alpha value is -1.90. The maximum Gasteiger partial charge on any atom is 0.170 e. The molecule has 3 aliphatic carbocycles. The van der Waals surface area contributed by atoms with E-state index in [9.17, 15) is 14.7 Å². The molecular formula is C23H30O3. The van der Waals surface area contributed by atoms with Crippen molar-refractivity contribution in [1.82, 2.24) is 0 Å². The summed E-state index contributed by atoms with van der Waals surface area (Å²) < 4.78 is 0. The highest BCUT2D eigenvalue weighted by molar-refractivity contribution is 6.23. The molecule has 26 heavy (non-hydrogen) atoms. The van der Waals surface area contributed by atoms with E-state index < -0.39 is 0 Å². The van der Waals surface area contributed by atoms with Gasteiger partial charge in [0.15, 0.2) is 5.78 Å². The van der Waals surface area contributed by atoms with Gasteiger partial charge in [0, 0.05) is 24.7 Å². The van der Waals surface area contributed by atoms with Crippen LogP contribution in [0.5, 0.6) is 0 Å². The molecule has 3 heteroatoms. The maximum atomic E-state index is 13.4. The van der Waals surface area contributed by atoms with Crippen LogP contribution in [-0.2, 0) is 22.4 Å². The van der Waals surface area contributed by atoms with Gasteiger partial charge in [0.1, 0.15) is 11.5 Å². The lowest BCUT2D eigenvalue weighted by molar-refractivity contribution is -0.132. The van der Waals surface area contributed by atoms with E-state index in [2.05, 4.69) is 32.9 Å². The average Bonchev–Trinajstić information content (AvgIpc) is 2.66. The van der Waals surface area contributed by atoms with Crippen molar-refractivity contribution in [1.29, 1.82) is 0 Å². The third-order valence-electron chi connectivity index (χ3n) is 6.28. The Morgan fingerprint density at radius 2 is 1.65 bits per heavy atom. The molecule has 0 heterocycles. The number of hydrogen-bond donors (Lipinski definition) is 1. The summed E-state index contributed by atoms with van der Waals surface area (Å²) in [5.74, 6) is -0.0688. The Morgan fingerprint density at radius 3 is 2.19 bits per heavy atom. The van der Waals surface area contributed by atoms with E-state index in [1.165, 1.54) is 5.56 Å². The zero-order valence-corrected chi connectivity index (χ0v) is 16.4. The van der Waals surface area contributed by atoms with Crippen molar-refractivity contribution < 1.29 is 14.7 Å². The number of fused-ring (bicyclic) bond motifs is 5. The van der Waals surface area contributed by atoms with E-state index >= 15 is 0 Å². The molecule has 1 aromatic rings. The fourth-order valence-electron chi connectivity index (χ4n) is 4.83. The molecule has 0 aromatic heterocycles. The number of Topliss-reactive ketones (excluding diaryl/α,β-unsaturated/α-hetero) is 2. The quantitative estimate of drug-likeness (QED) is 0.832. The van der Waals surface area contributed by atoms with Crippen LogP contribution in [0.3, 0.4) is 0 Å². The fourth-order valence-corrected chi connectivity index (χ4v) is 4.83. The zero-order chi connectivity index (χ0) is 19.0. The first kappa shape index (κ1) is 18.9. The minimum Gasteiger partial charge on any atom is -0.512 e. The number of aliphatic hydroxyl groups is 1. The third kappa shape index (κ3) is 3.24. The van der Waals surface area contributed by atoms with Crippen LogP contribution in [-0.4, -0.2) is 16.7 Å². The van der Waals surface area contributed by atoms with Crippen molar-refractivity contribution in [2.45, 2.75) is 66.2 Å². The topological polar surface area (TPSA) is 54.4 Å². The molecule has 0 spiro atoms. The monoisotopic (exact) mass is 354 g/mol. The molecule has 140 valence electrons. The number of benzene rings is 1. The van der Waals surface area contributed by atoms with Gasteiger partial charge in [-0.25, -0.2) is 0 Å². The SMILES string of the molecule is CCc1cc(C)cc(CC)c1/C1=C(\O)C[C@@H]2CC[C@@H](C(=O)C2)[C@H](C)C1=O. The molecule has 0 radical (unpaired) electrons. The largest absolute Gasteiger partial charge is 0.512 e. The molecule has 4 rings (SSSR count). The van der Waals surface area contributed by atoms with Gasteiger partial charge in [-0.05, 0) is 55.2 Å². The summed E-state index contributed by atoms with van der Waals surface area (Å²) in [6.45, 7) is 8.12. The van der Waals surface area contributed by atoms with Gasteiger partial charge in [-0.3, -0.25) is 9.59 Å². The number of carbonyl (C=O) groups excluding carboxylic acids is 2. The lowest BCUT2D eigenvalue weighted by atomic mass is 9.73. The fraction of sp³-hybridized carbons (Fsp3) is 0.565. The molecular weight excluding hydrogens is 324 g/mol. The molecule has 0 saturated heterocycles. The summed E-state index contributed by atoms with van der Waals surface area (Å²) in [7, 11) is 0. The number of aryl methyl sites for hydroxylation is 3. The second-order valence-corrected chi connectivity index (χ2v) is 8.06. The summed E-state index contributed by atoms with van der Waals surface area (Å²) in [6, 6.07) is 4.25. The van der Waals surface area contributed by atoms with Gasteiger partial charge < -0.3 is 5.11 Å². The molecule has 1 saturated carbocycles. The Morgan fingerprint density at radius 1 is 1.04 bits per heavy atom. The second-order valence-electron chi connectivity index (χ2n) is 8.06. The highest BCUT2D eigenvalue weighted by Gasteiger charge is 2.40. The predicted octanol–water partition coefficient (Wildman–Crippen LogP) is 4.98. The average molecular weight is 354 g/mol. The van der Waals surface area contributed by atoms with E-state index in [1.54, 1.807) is 0 Å². The van der Waals surface area contributed by atoms with Gasteiger partial charge in [0.25, 0.3) is 0 Å². The molecule has 3 aliphatic rings. The molecule has 1 N–H and O–H groups in total. The van der Waals surface area contributed by atoms with Gasteiger partial charge in [0.2, 0.25) is 0 Å². The Kier molecular flexibility index (Phi) is 5.36. The standard InChI is InChI=1S/C23H30O3/c1-5-16-9-13(3)10-17(6-2)21(16)22-20(25)12-15-7-8-18(19(24)11-15)14(4)23(22)26/h9-10,14-15,18,25H,5-8,11-12H2,1-4H3/b22-20+/t14-,15+,18+/m0/s1. The van der Waals surface area contributed by atoms with Crippen molar-refractivity contribution in [2.24, 2.45) is 17.8 Å². The lowest BCUT2D eigenvalue weighted by Gasteiger charge is -2.28. The summed E-state index contributed by atoms with van der Waals surface area (Å²) in [5, 5.41) is 11.0. The van der Waals surface area contributed by atoms with E-state index in [0.717, 1.165) is 42.4 Å². The molecule has 1 fully saturated rings. The van der Waals surface area contributed by atoms with Crippen LogP contribution in [0.4, 0.5) is 0 Å². The molecule has 0 amide bonds. The first-order valence-corrected chi connectivity index (χ1v) is 9.99. The molecule has 0 unspecified atom stereocenters.